The van der Waals surface area contributed by atoms with Crippen LogP contribution in [0.1, 0.15) is 16.8 Å². The lowest BCUT2D eigenvalue weighted by Gasteiger charge is -2.06. The van der Waals surface area contributed by atoms with Crippen molar-refractivity contribution in [2.75, 3.05) is 19.3 Å². The van der Waals surface area contributed by atoms with Crippen molar-refractivity contribution in [1.29, 1.82) is 0 Å². The highest BCUT2D eigenvalue weighted by Crippen LogP contribution is 2.14. The first-order valence-electron chi connectivity index (χ1n) is 5.51. The van der Waals surface area contributed by atoms with Gasteiger partial charge in [-0.1, -0.05) is 0 Å². The number of halogens is 1. The molecule has 8 heteroatoms. The van der Waals surface area contributed by atoms with Crippen LogP contribution in [0, 0.1) is 5.82 Å². The lowest BCUT2D eigenvalue weighted by Crippen LogP contribution is -2.29. The van der Waals surface area contributed by atoms with Crippen LogP contribution in [-0.4, -0.2) is 38.8 Å². The Kier molecular flexibility index (Phi) is 5.25. The molecule has 19 heavy (non-hydrogen) atoms. The zero-order valence-electron chi connectivity index (χ0n) is 10.3. The first-order valence-corrected chi connectivity index (χ1v) is 7.40. The molecule has 1 aromatic carbocycles. The number of benzene rings is 1. The third-order valence-corrected chi connectivity index (χ3v) is 2.93. The summed E-state index contributed by atoms with van der Waals surface area (Å²) in [7, 11) is -3.24. The van der Waals surface area contributed by atoms with Crippen molar-refractivity contribution in [3.63, 3.8) is 0 Å². The maximum Gasteiger partial charge on any atom is 0.254 e. The zero-order valence-corrected chi connectivity index (χ0v) is 11.1. The molecule has 106 valence electrons. The molecule has 0 saturated carbocycles. The van der Waals surface area contributed by atoms with E-state index in [1.54, 1.807) is 0 Å². The fraction of sp³-hybridized carbons (Fsp3) is 0.364. The van der Waals surface area contributed by atoms with Gasteiger partial charge in [0.2, 0.25) is 10.0 Å². The van der Waals surface area contributed by atoms with Crippen molar-refractivity contribution in [2.45, 2.75) is 6.42 Å². The van der Waals surface area contributed by atoms with Crippen LogP contribution in [0.2, 0.25) is 0 Å². The largest absolute Gasteiger partial charge is 0.508 e. The minimum atomic E-state index is -3.24. The minimum Gasteiger partial charge on any atom is -0.508 e. The number of carbonyl (C=O) groups excluding carboxylic acids is 1. The summed E-state index contributed by atoms with van der Waals surface area (Å²) in [5, 5.41) is 11.5. The van der Waals surface area contributed by atoms with E-state index < -0.39 is 21.7 Å². The summed E-state index contributed by atoms with van der Waals surface area (Å²) in [5.41, 5.74) is -0.172. The lowest BCUT2D eigenvalue weighted by atomic mass is 10.2. The van der Waals surface area contributed by atoms with Gasteiger partial charge in [-0.15, -0.1) is 0 Å². The molecule has 3 N–H and O–H groups in total. The van der Waals surface area contributed by atoms with Crippen molar-refractivity contribution < 1.29 is 22.7 Å². The SMILES string of the molecule is CS(=O)(=O)NCCCNC(=O)c1ccc(O)cc1F. The van der Waals surface area contributed by atoms with Crippen LogP contribution >= 0.6 is 0 Å². The molecule has 0 aliphatic heterocycles. The van der Waals surface area contributed by atoms with Gasteiger partial charge < -0.3 is 10.4 Å². The number of carbonyl (C=O) groups is 1. The van der Waals surface area contributed by atoms with E-state index in [4.69, 9.17) is 5.11 Å². The summed E-state index contributed by atoms with van der Waals surface area (Å²) in [5.74, 6) is -1.69. The quantitative estimate of drug-likeness (QED) is 0.652. The van der Waals surface area contributed by atoms with E-state index in [0.29, 0.717) is 6.42 Å². The van der Waals surface area contributed by atoms with Gasteiger partial charge in [0.25, 0.3) is 5.91 Å². The Labute approximate surface area is 110 Å². The molecule has 0 heterocycles. The molecule has 1 amide bonds. The maximum absolute atomic E-state index is 13.3. The number of sulfonamides is 1. The van der Waals surface area contributed by atoms with Gasteiger partial charge in [-0.2, -0.15) is 0 Å². The molecular weight excluding hydrogens is 275 g/mol. The van der Waals surface area contributed by atoms with E-state index in [2.05, 4.69) is 10.0 Å². The smallest absolute Gasteiger partial charge is 0.254 e. The molecular formula is C11H15FN2O4S. The molecule has 0 radical (unpaired) electrons. The Morgan fingerprint density at radius 2 is 2.05 bits per heavy atom. The Bertz CT molecular complexity index is 560. The van der Waals surface area contributed by atoms with Crippen LogP contribution in [0.15, 0.2) is 18.2 Å². The van der Waals surface area contributed by atoms with Crippen LogP contribution in [0.4, 0.5) is 4.39 Å². The number of aromatic hydroxyl groups is 1. The van der Waals surface area contributed by atoms with Gasteiger partial charge >= 0.3 is 0 Å². The van der Waals surface area contributed by atoms with Gasteiger partial charge in [-0.05, 0) is 18.6 Å². The minimum absolute atomic E-state index is 0.172. The fourth-order valence-corrected chi connectivity index (χ4v) is 1.85. The van der Waals surface area contributed by atoms with Gasteiger partial charge in [0.1, 0.15) is 11.6 Å². The molecule has 0 aromatic heterocycles. The Hall–Kier alpha value is -1.67. The van der Waals surface area contributed by atoms with Crippen LogP contribution < -0.4 is 10.0 Å². The predicted molar refractivity (Wildman–Crippen MR) is 67.9 cm³/mol. The maximum atomic E-state index is 13.3. The summed E-state index contributed by atoms with van der Waals surface area (Å²) in [4.78, 5) is 11.6. The van der Waals surface area contributed by atoms with E-state index >= 15 is 0 Å². The first kappa shape index (κ1) is 15.4. The number of hydrogen-bond acceptors (Lipinski definition) is 4. The van der Waals surface area contributed by atoms with Crippen LogP contribution in [0.3, 0.4) is 0 Å². The van der Waals surface area contributed by atoms with Crippen LogP contribution in [0.5, 0.6) is 5.75 Å². The number of nitrogens with one attached hydrogen (secondary N) is 2. The van der Waals surface area contributed by atoms with Gasteiger partial charge in [0.15, 0.2) is 0 Å². The van der Waals surface area contributed by atoms with Crippen LogP contribution in [0.25, 0.3) is 0 Å². The monoisotopic (exact) mass is 290 g/mol. The molecule has 0 bridgehead atoms. The number of phenolic OH excluding ortho intramolecular Hbond substituents is 1. The molecule has 0 spiro atoms. The van der Waals surface area contributed by atoms with E-state index in [1.165, 1.54) is 12.1 Å². The summed E-state index contributed by atoms with van der Waals surface area (Å²) in [6.45, 7) is 0.402. The Morgan fingerprint density at radius 1 is 1.37 bits per heavy atom. The highest BCUT2D eigenvalue weighted by atomic mass is 32.2. The molecule has 0 aliphatic carbocycles. The van der Waals surface area contributed by atoms with E-state index in [0.717, 1.165) is 12.3 Å². The van der Waals surface area contributed by atoms with E-state index in [9.17, 15) is 17.6 Å². The van der Waals surface area contributed by atoms with Gasteiger partial charge in [-0.3, -0.25) is 4.79 Å². The predicted octanol–water partition coefficient (Wildman–Crippen LogP) is 0.200. The van der Waals surface area contributed by atoms with Crippen molar-refractivity contribution in [3.8, 4) is 5.75 Å². The average molecular weight is 290 g/mol. The number of hydrogen-bond donors (Lipinski definition) is 3. The second-order valence-electron chi connectivity index (χ2n) is 3.94. The topological polar surface area (TPSA) is 95.5 Å². The zero-order chi connectivity index (χ0) is 14.5. The summed E-state index contributed by atoms with van der Waals surface area (Å²) in [6.07, 6.45) is 1.43. The van der Waals surface area contributed by atoms with E-state index in [-0.39, 0.29) is 24.4 Å². The molecule has 6 nitrogen and oxygen atoms in total. The molecule has 0 atom stereocenters. The first-order chi connectivity index (χ1) is 8.79. The van der Waals surface area contributed by atoms with Gasteiger partial charge in [-0.25, -0.2) is 17.5 Å². The van der Waals surface area contributed by atoms with Crippen molar-refractivity contribution in [2.24, 2.45) is 0 Å². The normalized spacial score (nSPS) is 11.3. The molecule has 0 aliphatic rings. The Balaban J connectivity index is 2.39. The van der Waals surface area contributed by atoms with Crippen molar-refractivity contribution in [1.82, 2.24) is 10.0 Å². The molecule has 0 unspecified atom stereocenters. The summed E-state index contributed by atoms with van der Waals surface area (Å²) >= 11 is 0. The third kappa shape index (κ3) is 5.66. The second kappa shape index (κ2) is 6.48. The molecule has 1 aromatic rings. The lowest BCUT2D eigenvalue weighted by molar-refractivity contribution is 0.0949. The van der Waals surface area contributed by atoms with Gasteiger partial charge in [0.05, 0.1) is 11.8 Å². The molecule has 0 saturated heterocycles. The summed E-state index contributed by atoms with van der Waals surface area (Å²) < 4.78 is 37.1. The number of rotatable bonds is 6. The fourth-order valence-electron chi connectivity index (χ4n) is 1.33. The van der Waals surface area contributed by atoms with Crippen LogP contribution in [-0.2, 0) is 10.0 Å². The molecule has 0 fully saturated rings. The Morgan fingerprint density at radius 3 is 2.63 bits per heavy atom. The molecule has 1 rings (SSSR count). The average Bonchev–Trinajstić information content (AvgIpc) is 2.26. The van der Waals surface area contributed by atoms with Crippen molar-refractivity contribution >= 4 is 15.9 Å². The third-order valence-electron chi connectivity index (χ3n) is 2.20. The highest BCUT2D eigenvalue weighted by molar-refractivity contribution is 7.88. The van der Waals surface area contributed by atoms with Gasteiger partial charge in [0, 0.05) is 19.2 Å². The number of phenols is 1. The number of amides is 1. The highest BCUT2D eigenvalue weighted by Gasteiger charge is 2.11. The summed E-state index contributed by atoms with van der Waals surface area (Å²) in [6, 6.07) is 3.23. The van der Waals surface area contributed by atoms with Crippen molar-refractivity contribution in [3.05, 3.63) is 29.6 Å². The van der Waals surface area contributed by atoms with E-state index in [1.807, 2.05) is 0 Å². The second-order valence-corrected chi connectivity index (χ2v) is 5.77. The standard InChI is InChI=1S/C11H15FN2O4S/c1-19(17,18)14-6-2-5-13-11(16)9-4-3-8(15)7-10(9)12/h3-4,7,14-15H,2,5-6H2,1H3,(H,13,16).